The molecular weight excluding hydrogens is 404 g/mol. The number of amides is 2. The van der Waals surface area contributed by atoms with Gasteiger partial charge in [-0.05, 0) is 36.9 Å². The summed E-state index contributed by atoms with van der Waals surface area (Å²) in [5, 5.41) is 3.61. The van der Waals surface area contributed by atoms with Crippen molar-refractivity contribution in [1.82, 2.24) is 9.80 Å². The van der Waals surface area contributed by atoms with Crippen LogP contribution in [-0.2, 0) is 16.1 Å². The number of likely N-dealkylation sites (N-methyl/N-ethyl adjacent to an activating group) is 1. The second-order valence-corrected chi connectivity index (χ2v) is 8.26. The monoisotopic (exact) mass is 430 g/mol. The van der Waals surface area contributed by atoms with Crippen LogP contribution in [0, 0.1) is 5.92 Å². The minimum atomic E-state index is -0.392. The molecule has 30 heavy (non-hydrogen) atoms. The summed E-state index contributed by atoms with van der Waals surface area (Å²) in [6.07, 6.45) is 1.79. The summed E-state index contributed by atoms with van der Waals surface area (Å²) in [6.45, 7) is 7.77. The Morgan fingerprint density at radius 2 is 2.03 bits per heavy atom. The number of hydrogen-bond acceptors (Lipinski definition) is 5. The Labute approximate surface area is 181 Å². The Hall–Kier alpha value is -2.51. The van der Waals surface area contributed by atoms with Crippen LogP contribution >= 0.6 is 11.6 Å². The van der Waals surface area contributed by atoms with Crippen LogP contribution in [0.3, 0.4) is 0 Å². The first-order valence-electron chi connectivity index (χ1n) is 10.4. The van der Waals surface area contributed by atoms with Crippen molar-refractivity contribution in [3.63, 3.8) is 0 Å². The molecule has 160 valence electrons. The average Bonchev–Trinajstić information content (AvgIpc) is 3.39. The van der Waals surface area contributed by atoms with Gasteiger partial charge in [0.05, 0.1) is 30.1 Å². The Kier molecular flexibility index (Phi) is 6.29. The molecule has 1 unspecified atom stereocenters. The number of hydrogen-bond donors (Lipinski definition) is 1. The number of likely N-dealkylation sites (tertiary alicyclic amines) is 1. The quantitative estimate of drug-likeness (QED) is 0.762. The predicted octanol–water partition coefficient (Wildman–Crippen LogP) is 3.06. The molecule has 4 rings (SSSR count). The normalized spacial score (nSPS) is 20.1. The van der Waals surface area contributed by atoms with Crippen molar-refractivity contribution in [3.8, 4) is 0 Å². The van der Waals surface area contributed by atoms with E-state index in [1.165, 1.54) is 0 Å². The van der Waals surface area contributed by atoms with Gasteiger partial charge in [-0.2, -0.15) is 0 Å². The van der Waals surface area contributed by atoms with Crippen molar-refractivity contribution in [2.75, 3.05) is 49.5 Å². The first kappa shape index (κ1) is 20.8. The molecule has 1 atom stereocenters. The van der Waals surface area contributed by atoms with Gasteiger partial charge in [-0.15, -0.1) is 0 Å². The number of carbonyl (C=O) groups is 2. The molecule has 3 heterocycles. The minimum Gasteiger partial charge on any atom is -0.467 e. The van der Waals surface area contributed by atoms with Gasteiger partial charge in [-0.25, -0.2) is 0 Å². The fourth-order valence-corrected chi connectivity index (χ4v) is 4.29. The molecule has 7 nitrogen and oxygen atoms in total. The molecule has 0 bridgehead atoms. The highest BCUT2D eigenvalue weighted by molar-refractivity contribution is 6.31. The lowest BCUT2D eigenvalue weighted by Crippen LogP contribution is -2.46. The zero-order valence-electron chi connectivity index (χ0n) is 17.1. The summed E-state index contributed by atoms with van der Waals surface area (Å²) in [6, 6.07) is 9.22. The number of benzene rings is 1. The molecule has 1 aromatic carbocycles. The van der Waals surface area contributed by atoms with Crippen molar-refractivity contribution in [2.45, 2.75) is 19.9 Å². The number of carbonyl (C=O) groups excluding carboxylic acids is 2. The van der Waals surface area contributed by atoms with Crippen LogP contribution < -0.4 is 10.2 Å². The molecule has 2 amide bonds. The van der Waals surface area contributed by atoms with Gasteiger partial charge in [0.2, 0.25) is 11.8 Å². The summed E-state index contributed by atoms with van der Waals surface area (Å²) in [4.78, 5) is 31.7. The molecule has 2 saturated heterocycles. The maximum absolute atomic E-state index is 13.0. The van der Waals surface area contributed by atoms with Crippen molar-refractivity contribution in [1.29, 1.82) is 0 Å². The second kappa shape index (κ2) is 9.10. The maximum Gasteiger partial charge on any atom is 0.229 e. The third-order valence-corrected chi connectivity index (χ3v) is 6.12. The van der Waals surface area contributed by atoms with Crippen LogP contribution in [0.1, 0.15) is 19.1 Å². The van der Waals surface area contributed by atoms with Gasteiger partial charge in [0.1, 0.15) is 5.76 Å². The van der Waals surface area contributed by atoms with Crippen molar-refractivity contribution < 1.29 is 14.0 Å². The van der Waals surface area contributed by atoms with Gasteiger partial charge in [0.15, 0.2) is 0 Å². The lowest BCUT2D eigenvalue weighted by molar-refractivity contribution is -0.128. The van der Waals surface area contributed by atoms with Crippen LogP contribution in [-0.4, -0.2) is 60.9 Å². The van der Waals surface area contributed by atoms with E-state index in [1.54, 1.807) is 23.3 Å². The molecule has 0 radical (unpaired) electrons. The lowest BCUT2D eigenvalue weighted by Gasteiger charge is -2.36. The van der Waals surface area contributed by atoms with E-state index in [-0.39, 0.29) is 18.2 Å². The molecule has 2 fully saturated rings. The third-order valence-electron chi connectivity index (χ3n) is 5.89. The smallest absolute Gasteiger partial charge is 0.229 e. The molecule has 2 aromatic rings. The summed E-state index contributed by atoms with van der Waals surface area (Å²) in [5.41, 5.74) is 1.68. The van der Waals surface area contributed by atoms with E-state index in [2.05, 4.69) is 22.0 Å². The van der Waals surface area contributed by atoms with Crippen LogP contribution in [0.5, 0.6) is 0 Å². The number of nitrogens with one attached hydrogen (secondary N) is 1. The van der Waals surface area contributed by atoms with E-state index < -0.39 is 5.92 Å². The first-order valence-corrected chi connectivity index (χ1v) is 10.8. The van der Waals surface area contributed by atoms with Gasteiger partial charge in [-0.3, -0.25) is 9.59 Å². The topological polar surface area (TPSA) is 69.0 Å². The summed E-state index contributed by atoms with van der Waals surface area (Å²) in [7, 11) is 0. The van der Waals surface area contributed by atoms with Crippen LogP contribution in [0.2, 0.25) is 5.02 Å². The largest absolute Gasteiger partial charge is 0.467 e. The van der Waals surface area contributed by atoms with Gasteiger partial charge in [-0.1, -0.05) is 18.5 Å². The van der Waals surface area contributed by atoms with E-state index in [0.29, 0.717) is 29.6 Å². The highest BCUT2D eigenvalue weighted by atomic mass is 35.5. The second-order valence-electron chi connectivity index (χ2n) is 7.83. The first-order chi connectivity index (χ1) is 14.5. The van der Waals surface area contributed by atoms with Crippen LogP contribution in [0.15, 0.2) is 41.0 Å². The Bertz CT molecular complexity index is 894. The van der Waals surface area contributed by atoms with Gasteiger partial charge < -0.3 is 24.4 Å². The summed E-state index contributed by atoms with van der Waals surface area (Å²) in [5.74, 6) is 0.138. The number of halogens is 1. The Morgan fingerprint density at radius 3 is 2.73 bits per heavy atom. The average molecular weight is 431 g/mol. The molecule has 0 spiro atoms. The Balaban J connectivity index is 1.43. The standard InChI is InChI=1S/C22H27ClN4O3/c1-2-25-7-9-26(10-8-25)20-6-5-17(23)13-19(20)24-22(29)16-12-21(28)27(14-16)15-18-4-3-11-30-18/h3-6,11,13,16H,2,7-10,12,14-15H2,1H3,(H,24,29). The van der Waals surface area contributed by atoms with Crippen LogP contribution in [0.25, 0.3) is 0 Å². The highest BCUT2D eigenvalue weighted by Crippen LogP contribution is 2.31. The van der Waals surface area contributed by atoms with Gasteiger partial charge >= 0.3 is 0 Å². The maximum atomic E-state index is 13.0. The van der Waals surface area contributed by atoms with Gasteiger partial charge in [0, 0.05) is 44.2 Å². The van der Waals surface area contributed by atoms with Gasteiger partial charge in [0.25, 0.3) is 0 Å². The van der Waals surface area contributed by atoms with E-state index in [9.17, 15) is 9.59 Å². The third kappa shape index (κ3) is 4.63. The SMILES string of the molecule is CCN1CCN(c2ccc(Cl)cc2NC(=O)C2CC(=O)N(Cc3ccco3)C2)CC1. The number of nitrogens with zero attached hydrogens (tertiary/aromatic N) is 3. The van der Waals surface area contributed by atoms with Crippen molar-refractivity contribution in [3.05, 3.63) is 47.4 Å². The molecular formula is C22H27ClN4O3. The van der Waals surface area contributed by atoms with E-state index in [1.807, 2.05) is 18.2 Å². The van der Waals surface area contributed by atoms with E-state index in [0.717, 1.165) is 38.4 Å². The van der Waals surface area contributed by atoms with Crippen LogP contribution in [0.4, 0.5) is 11.4 Å². The fraction of sp³-hybridized carbons (Fsp3) is 0.455. The molecule has 2 aliphatic heterocycles. The molecule has 0 saturated carbocycles. The molecule has 2 aliphatic rings. The van der Waals surface area contributed by atoms with Crippen molar-refractivity contribution in [2.24, 2.45) is 5.92 Å². The molecule has 1 N–H and O–H groups in total. The molecule has 8 heteroatoms. The molecule has 1 aromatic heterocycles. The number of anilines is 2. The fourth-order valence-electron chi connectivity index (χ4n) is 4.12. The predicted molar refractivity (Wildman–Crippen MR) is 117 cm³/mol. The van der Waals surface area contributed by atoms with Crippen molar-refractivity contribution >= 4 is 34.8 Å². The summed E-state index contributed by atoms with van der Waals surface area (Å²) < 4.78 is 5.33. The minimum absolute atomic E-state index is 0.0337. The number of rotatable bonds is 6. The molecule has 0 aliphatic carbocycles. The van der Waals surface area contributed by atoms with E-state index in [4.69, 9.17) is 16.0 Å². The van der Waals surface area contributed by atoms with E-state index >= 15 is 0 Å². The number of furan rings is 1. The highest BCUT2D eigenvalue weighted by Gasteiger charge is 2.35. The number of piperazine rings is 1. The zero-order valence-corrected chi connectivity index (χ0v) is 17.9. The Morgan fingerprint density at radius 1 is 1.23 bits per heavy atom. The zero-order chi connectivity index (χ0) is 21.1. The summed E-state index contributed by atoms with van der Waals surface area (Å²) >= 11 is 6.22. The lowest BCUT2D eigenvalue weighted by atomic mass is 10.1.